The molecule has 2 rings (SSSR count). The van der Waals surface area contributed by atoms with Crippen LogP contribution >= 0.6 is 23.4 Å². The van der Waals surface area contributed by atoms with Crippen molar-refractivity contribution in [2.75, 3.05) is 18.9 Å². The fraction of sp³-hybridized carbons (Fsp3) is 0.647. The Morgan fingerprint density at radius 1 is 1.48 bits per heavy atom. The van der Waals surface area contributed by atoms with Crippen LogP contribution in [0.2, 0.25) is 5.02 Å². The SMILES string of the molecule is CCCNC1(CO)CCCC1CCSc1cccc(Cl)c1. The number of aliphatic hydroxyl groups is 1. The lowest BCUT2D eigenvalue weighted by Crippen LogP contribution is -2.51. The average Bonchev–Trinajstić information content (AvgIpc) is 2.89. The van der Waals surface area contributed by atoms with Gasteiger partial charge in [0.15, 0.2) is 0 Å². The first-order chi connectivity index (χ1) is 10.2. The van der Waals surface area contributed by atoms with Crippen LogP contribution in [0.3, 0.4) is 0 Å². The summed E-state index contributed by atoms with van der Waals surface area (Å²) < 4.78 is 0. The van der Waals surface area contributed by atoms with Gasteiger partial charge < -0.3 is 10.4 Å². The number of hydrogen-bond acceptors (Lipinski definition) is 3. The molecule has 1 saturated carbocycles. The molecule has 0 bridgehead atoms. The molecule has 0 aromatic heterocycles. The maximum absolute atomic E-state index is 9.88. The van der Waals surface area contributed by atoms with Crippen LogP contribution in [0.5, 0.6) is 0 Å². The lowest BCUT2D eigenvalue weighted by molar-refractivity contribution is 0.122. The Hall–Kier alpha value is -0.220. The van der Waals surface area contributed by atoms with Gasteiger partial charge in [0.25, 0.3) is 0 Å². The van der Waals surface area contributed by atoms with E-state index in [1.807, 2.05) is 30.0 Å². The van der Waals surface area contributed by atoms with Gasteiger partial charge in [-0.25, -0.2) is 0 Å². The van der Waals surface area contributed by atoms with E-state index in [1.54, 1.807) is 0 Å². The molecule has 4 heteroatoms. The fourth-order valence-electron chi connectivity index (χ4n) is 3.31. The number of benzene rings is 1. The third-order valence-electron chi connectivity index (χ3n) is 4.50. The first kappa shape index (κ1) is 17.1. The Morgan fingerprint density at radius 3 is 3.05 bits per heavy atom. The molecule has 0 aliphatic heterocycles. The minimum Gasteiger partial charge on any atom is -0.394 e. The molecule has 1 aliphatic rings. The number of halogens is 1. The van der Waals surface area contributed by atoms with Crippen LogP contribution in [0.15, 0.2) is 29.2 Å². The molecule has 2 atom stereocenters. The molecular formula is C17H26ClNOS. The van der Waals surface area contributed by atoms with Crippen molar-refractivity contribution in [1.29, 1.82) is 0 Å². The van der Waals surface area contributed by atoms with E-state index < -0.39 is 0 Å². The topological polar surface area (TPSA) is 32.3 Å². The molecule has 2 nitrogen and oxygen atoms in total. The van der Waals surface area contributed by atoms with Crippen molar-refractivity contribution in [1.82, 2.24) is 5.32 Å². The molecule has 1 aromatic carbocycles. The highest BCUT2D eigenvalue weighted by Gasteiger charge is 2.41. The summed E-state index contributed by atoms with van der Waals surface area (Å²) in [7, 11) is 0. The first-order valence-electron chi connectivity index (χ1n) is 7.94. The predicted octanol–water partition coefficient (Wildman–Crippen LogP) is 4.35. The van der Waals surface area contributed by atoms with Crippen LogP contribution in [0.1, 0.15) is 39.0 Å². The van der Waals surface area contributed by atoms with Gasteiger partial charge in [0.1, 0.15) is 0 Å². The van der Waals surface area contributed by atoms with Crippen molar-refractivity contribution in [2.45, 2.75) is 49.5 Å². The number of thioether (sulfide) groups is 1. The Kier molecular flexibility index (Phi) is 6.87. The molecule has 1 aromatic rings. The van der Waals surface area contributed by atoms with Gasteiger partial charge in [-0.1, -0.05) is 31.0 Å². The van der Waals surface area contributed by atoms with Crippen LogP contribution < -0.4 is 5.32 Å². The molecule has 1 fully saturated rings. The van der Waals surface area contributed by atoms with E-state index in [1.165, 1.54) is 17.7 Å². The van der Waals surface area contributed by atoms with Crippen molar-refractivity contribution >= 4 is 23.4 Å². The molecule has 2 N–H and O–H groups in total. The molecule has 0 spiro atoms. The summed E-state index contributed by atoms with van der Waals surface area (Å²) in [5, 5.41) is 14.3. The quantitative estimate of drug-likeness (QED) is 0.696. The summed E-state index contributed by atoms with van der Waals surface area (Å²) in [6, 6.07) is 8.05. The zero-order valence-electron chi connectivity index (χ0n) is 12.8. The third kappa shape index (κ3) is 4.62. The predicted molar refractivity (Wildman–Crippen MR) is 92.2 cm³/mol. The average molecular weight is 328 g/mol. The van der Waals surface area contributed by atoms with Crippen molar-refractivity contribution in [3.05, 3.63) is 29.3 Å². The van der Waals surface area contributed by atoms with Crippen LogP contribution in [0, 0.1) is 5.92 Å². The van der Waals surface area contributed by atoms with Gasteiger partial charge in [-0.3, -0.25) is 0 Å². The Labute approximate surface area is 137 Å². The van der Waals surface area contributed by atoms with Gasteiger partial charge >= 0.3 is 0 Å². The maximum atomic E-state index is 9.88. The minimum atomic E-state index is -0.0368. The van der Waals surface area contributed by atoms with Crippen molar-refractivity contribution in [3.63, 3.8) is 0 Å². The van der Waals surface area contributed by atoms with E-state index in [2.05, 4.69) is 18.3 Å². The Bertz CT molecular complexity index is 443. The molecule has 2 unspecified atom stereocenters. The summed E-state index contributed by atoms with van der Waals surface area (Å²) in [5.41, 5.74) is -0.0368. The smallest absolute Gasteiger partial charge is 0.0616 e. The molecule has 21 heavy (non-hydrogen) atoms. The fourth-order valence-corrected chi connectivity index (χ4v) is 4.59. The number of aliphatic hydroxyl groups excluding tert-OH is 1. The molecule has 0 heterocycles. The van der Waals surface area contributed by atoms with E-state index in [-0.39, 0.29) is 12.1 Å². The van der Waals surface area contributed by atoms with E-state index in [0.29, 0.717) is 5.92 Å². The highest BCUT2D eigenvalue weighted by molar-refractivity contribution is 7.99. The molecule has 0 radical (unpaired) electrons. The van der Waals surface area contributed by atoms with Crippen molar-refractivity contribution in [2.24, 2.45) is 5.92 Å². The van der Waals surface area contributed by atoms with Gasteiger partial charge in [0, 0.05) is 15.5 Å². The second-order valence-electron chi connectivity index (χ2n) is 5.92. The maximum Gasteiger partial charge on any atom is 0.0616 e. The summed E-state index contributed by atoms with van der Waals surface area (Å²) in [6.07, 6.45) is 5.83. The molecule has 118 valence electrons. The number of rotatable bonds is 8. The van der Waals surface area contributed by atoms with Gasteiger partial charge in [0.05, 0.1) is 6.61 Å². The monoisotopic (exact) mass is 327 g/mol. The molecule has 0 amide bonds. The minimum absolute atomic E-state index is 0.0368. The number of hydrogen-bond donors (Lipinski definition) is 2. The second kappa shape index (κ2) is 8.42. The summed E-state index contributed by atoms with van der Waals surface area (Å²) in [6.45, 7) is 3.44. The van der Waals surface area contributed by atoms with Crippen LogP contribution in [-0.4, -0.2) is 29.5 Å². The molecule has 0 saturated heterocycles. The zero-order chi connectivity index (χ0) is 15.1. The van der Waals surface area contributed by atoms with E-state index in [9.17, 15) is 5.11 Å². The summed E-state index contributed by atoms with van der Waals surface area (Å²) in [5.74, 6) is 1.67. The Balaban J connectivity index is 1.86. The second-order valence-corrected chi connectivity index (χ2v) is 7.53. The zero-order valence-corrected chi connectivity index (χ0v) is 14.3. The van der Waals surface area contributed by atoms with Crippen molar-refractivity contribution < 1.29 is 5.11 Å². The first-order valence-corrected chi connectivity index (χ1v) is 9.31. The van der Waals surface area contributed by atoms with Crippen LogP contribution in [0.4, 0.5) is 0 Å². The largest absolute Gasteiger partial charge is 0.394 e. The van der Waals surface area contributed by atoms with E-state index in [0.717, 1.165) is 36.6 Å². The van der Waals surface area contributed by atoms with Gasteiger partial charge in [-0.2, -0.15) is 0 Å². The lowest BCUT2D eigenvalue weighted by Gasteiger charge is -2.35. The van der Waals surface area contributed by atoms with Gasteiger partial charge in [0.2, 0.25) is 0 Å². The highest BCUT2D eigenvalue weighted by atomic mass is 35.5. The summed E-state index contributed by atoms with van der Waals surface area (Å²) >= 11 is 7.88. The normalized spacial score (nSPS) is 25.4. The van der Waals surface area contributed by atoms with Crippen molar-refractivity contribution in [3.8, 4) is 0 Å². The van der Waals surface area contributed by atoms with E-state index >= 15 is 0 Å². The molecular weight excluding hydrogens is 302 g/mol. The lowest BCUT2D eigenvalue weighted by atomic mass is 9.85. The number of nitrogens with one attached hydrogen (secondary N) is 1. The van der Waals surface area contributed by atoms with E-state index in [4.69, 9.17) is 11.6 Å². The molecule has 1 aliphatic carbocycles. The standard InChI is InChI=1S/C17H26ClNOS/c1-2-10-19-17(13-20)9-4-5-14(17)8-11-21-16-7-3-6-15(18)12-16/h3,6-7,12,14,19-20H,2,4-5,8-11,13H2,1H3. The van der Waals surface area contributed by atoms with Gasteiger partial charge in [-0.15, -0.1) is 11.8 Å². The van der Waals surface area contributed by atoms with Crippen LogP contribution in [-0.2, 0) is 0 Å². The van der Waals surface area contributed by atoms with Gasteiger partial charge in [-0.05, 0) is 62.1 Å². The van der Waals surface area contributed by atoms with Crippen LogP contribution in [0.25, 0.3) is 0 Å². The Morgan fingerprint density at radius 2 is 2.33 bits per heavy atom. The summed E-state index contributed by atoms with van der Waals surface area (Å²) in [4.78, 5) is 1.23. The highest BCUT2D eigenvalue weighted by Crippen LogP contribution is 2.39. The third-order valence-corrected chi connectivity index (χ3v) is 5.76.